The first-order valence-electron chi connectivity index (χ1n) is 9.63. The zero-order valence-corrected chi connectivity index (χ0v) is 16.6. The van der Waals surface area contributed by atoms with Crippen molar-refractivity contribution in [3.8, 4) is 0 Å². The summed E-state index contributed by atoms with van der Waals surface area (Å²) in [4.78, 5) is 29.9. The Morgan fingerprint density at radius 3 is 2.63 bits per heavy atom. The summed E-state index contributed by atoms with van der Waals surface area (Å²) >= 11 is 0. The van der Waals surface area contributed by atoms with Crippen molar-refractivity contribution in [3.05, 3.63) is 46.5 Å². The summed E-state index contributed by atoms with van der Waals surface area (Å²) in [5.41, 5.74) is 4.29. The lowest BCUT2D eigenvalue weighted by molar-refractivity contribution is 0.0943. The Kier molecular flexibility index (Phi) is 5.63. The number of amides is 2. The summed E-state index contributed by atoms with van der Waals surface area (Å²) in [6.07, 6.45) is 2.77. The van der Waals surface area contributed by atoms with Crippen LogP contribution in [0.25, 0.3) is 0 Å². The molecule has 2 heterocycles. The van der Waals surface area contributed by atoms with E-state index in [1.54, 1.807) is 0 Å². The van der Waals surface area contributed by atoms with Crippen LogP contribution < -0.4 is 10.6 Å². The van der Waals surface area contributed by atoms with Crippen molar-refractivity contribution < 1.29 is 9.59 Å². The van der Waals surface area contributed by atoms with E-state index in [2.05, 4.69) is 15.6 Å². The molecule has 6 nitrogen and oxygen atoms in total. The summed E-state index contributed by atoms with van der Waals surface area (Å²) in [6, 6.07) is 5.82. The third-order valence-corrected chi connectivity index (χ3v) is 4.97. The third-order valence-electron chi connectivity index (χ3n) is 4.97. The van der Waals surface area contributed by atoms with E-state index in [4.69, 9.17) is 0 Å². The predicted octanol–water partition coefficient (Wildman–Crippen LogP) is 3.47. The van der Waals surface area contributed by atoms with Crippen molar-refractivity contribution in [2.75, 3.05) is 11.9 Å². The highest BCUT2D eigenvalue weighted by molar-refractivity contribution is 6.03. The molecule has 0 saturated heterocycles. The van der Waals surface area contributed by atoms with E-state index in [1.807, 2.05) is 50.5 Å². The number of nitrogens with one attached hydrogen (secondary N) is 2. The second-order valence-corrected chi connectivity index (χ2v) is 7.70. The number of carbonyl (C=O) groups is 2. The summed E-state index contributed by atoms with van der Waals surface area (Å²) < 4.78 is 1.91. The van der Waals surface area contributed by atoms with E-state index >= 15 is 0 Å². The second kappa shape index (κ2) is 7.94. The molecule has 0 bridgehead atoms. The van der Waals surface area contributed by atoms with E-state index in [-0.39, 0.29) is 11.8 Å². The molecule has 1 aliphatic heterocycles. The number of fused-ring (bicyclic) bond motifs is 1. The third kappa shape index (κ3) is 4.21. The fourth-order valence-electron chi connectivity index (χ4n) is 3.28. The monoisotopic (exact) mass is 368 g/mol. The van der Waals surface area contributed by atoms with Crippen molar-refractivity contribution in [2.24, 2.45) is 5.92 Å². The van der Waals surface area contributed by atoms with E-state index in [0.29, 0.717) is 24.0 Å². The molecule has 0 unspecified atom stereocenters. The minimum Gasteiger partial charge on any atom is -0.350 e. The average Bonchev–Trinajstić information content (AvgIpc) is 3.02. The maximum atomic E-state index is 12.9. The number of aromatic nitrogens is 2. The normalized spacial score (nSPS) is 13.4. The Morgan fingerprint density at radius 2 is 1.93 bits per heavy atom. The number of carbonyl (C=O) groups excluding carboxylic acids is 2. The number of anilines is 1. The van der Waals surface area contributed by atoms with Gasteiger partial charge in [0.2, 0.25) is 0 Å². The van der Waals surface area contributed by atoms with Crippen molar-refractivity contribution in [1.82, 2.24) is 14.9 Å². The first-order chi connectivity index (χ1) is 12.9. The molecule has 2 amide bonds. The molecule has 2 N–H and O–H groups in total. The van der Waals surface area contributed by atoms with Gasteiger partial charge >= 0.3 is 0 Å². The van der Waals surface area contributed by atoms with Gasteiger partial charge in [-0.2, -0.15) is 0 Å². The van der Waals surface area contributed by atoms with E-state index in [9.17, 15) is 9.59 Å². The minimum absolute atomic E-state index is 0.195. The van der Waals surface area contributed by atoms with Crippen LogP contribution in [0.2, 0.25) is 0 Å². The van der Waals surface area contributed by atoms with Crippen LogP contribution in [0.1, 0.15) is 64.6 Å². The van der Waals surface area contributed by atoms with Crippen LogP contribution in [0.15, 0.2) is 18.2 Å². The fraction of sp³-hybridized carbons (Fsp3) is 0.476. The Morgan fingerprint density at radius 1 is 1.15 bits per heavy atom. The summed E-state index contributed by atoms with van der Waals surface area (Å²) in [5, 5.41) is 5.84. The van der Waals surface area contributed by atoms with Crippen LogP contribution in [0.3, 0.4) is 0 Å². The molecule has 0 saturated carbocycles. The van der Waals surface area contributed by atoms with Crippen molar-refractivity contribution >= 4 is 17.5 Å². The van der Waals surface area contributed by atoms with Crippen LogP contribution in [0, 0.1) is 19.8 Å². The van der Waals surface area contributed by atoms with Gasteiger partial charge in [-0.05, 0) is 62.3 Å². The number of aryl methyl sites for hydroxylation is 2. The number of rotatable bonds is 5. The predicted molar refractivity (Wildman–Crippen MR) is 106 cm³/mol. The molecule has 0 aliphatic carbocycles. The molecule has 0 spiro atoms. The molecule has 1 aromatic heterocycles. The molecule has 3 rings (SSSR count). The molecular formula is C21H28N4O2. The summed E-state index contributed by atoms with van der Waals surface area (Å²) in [5.74, 6) is 0.210. The maximum Gasteiger partial charge on any atom is 0.291 e. The number of hydrogen-bond acceptors (Lipinski definition) is 3. The summed E-state index contributed by atoms with van der Waals surface area (Å²) in [7, 11) is 0. The molecule has 0 fully saturated rings. The van der Waals surface area contributed by atoms with Crippen molar-refractivity contribution in [1.29, 1.82) is 0 Å². The molecular weight excluding hydrogens is 340 g/mol. The van der Waals surface area contributed by atoms with Gasteiger partial charge in [-0.1, -0.05) is 19.9 Å². The molecule has 144 valence electrons. The topological polar surface area (TPSA) is 76.0 Å². The van der Waals surface area contributed by atoms with Gasteiger partial charge in [-0.3, -0.25) is 9.59 Å². The zero-order chi connectivity index (χ0) is 19.6. The average molecular weight is 368 g/mol. The molecule has 2 aromatic rings. The SMILES string of the molecule is Cc1ccc(NC(=O)c2nc(C(=O)NCC(C)C)c3n2CCCC3)cc1C. The van der Waals surface area contributed by atoms with Crippen LogP contribution in [0.4, 0.5) is 5.69 Å². The largest absolute Gasteiger partial charge is 0.350 e. The number of benzene rings is 1. The van der Waals surface area contributed by atoms with Crippen molar-refractivity contribution in [2.45, 2.75) is 53.5 Å². The zero-order valence-electron chi connectivity index (χ0n) is 16.6. The Labute approximate surface area is 160 Å². The lowest BCUT2D eigenvalue weighted by atomic mass is 10.1. The molecule has 0 atom stereocenters. The first kappa shape index (κ1) is 19.1. The van der Waals surface area contributed by atoms with E-state index < -0.39 is 0 Å². The van der Waals surface area contributed by atoms with Gasteiger partial charge in [0.25, 0.3) is 11.8 Å². The number of imidazole rings is 1. The Balaban J connectivity index is 1.87. The van der Waals surface area contributed by atoms with Gasteiger partial charge in [0.15, 0.2) is 5.82 Å². The first-order valence-corrected chi connectivity index (χ1v) is 9.63. The van der Waals surface area contributed by atoms with Gasteiger partial charge in [0, 0.05) is 18.8 Å². The lowest BCUT2D eigenvalue weighted by Crippen LogP contribution is -2.29. The number of hydrogen-bond donors (Lipinski definition) is 2. The molecule has 1 aromatic carbocycles. The van der Waals surface area contributed by atoms with Crippen molar-refractivity contribution in [3.63, 3.8) is 0 Å². The molecule has 0 radical (unpaired) electrons. The van der Waals surface area contributed by atoms with Gasteiger partial charge in [0.1, 0.15) is 5.69 Å². The Bertz CT molecular complexity index is 867. The van der Waals surface area contributed by atoms with Crippen LogP contribution in [-0.4, -0.2) is 27.9 Å². The standard InChI is InChI=1S/C21H28N4O2/c1-13(2)12-22-20(26)18-17-7-5-6-10-25(17)19(24-18)21(27)23-16-9-8-14(3)15(4)11-16/h8-9,11,13H,5-7,10,12H2,1-4H3,(H,22,26)(H,23,27). The highest BCUT2D eigenvalue weighted by Gasteiger charge is 2.27. The number of nitrogens with zero attached hydrogens (tertiary/aromatic N) is 2. The van der Waals surface area contributed by atoms with Gasteiger partial charge in [-0.25, -0.2) is 4.98 Å². The lowest BCUT2D eigenvalue weighted by Gasteiger charge is -2.17. The quantitative estimate of drug-likeness (QED) is 0.848. The van der Waals surface area contributed by atoms with Gasteiger partial charge in [0.05, 0.1) is 5.69 Å². The second-order valence-electron chi connectivity index (χ2n) is 7.70. The molecule has 1 aliphatic rings. The molecule has 6 heteroatoms. The highest BCUT2D eigenvalue weighted by atomic mass is 16.2. The summed E-state index contributed by atoms with van der Waals surface area (Å²) in [6.45, 7) is 9.45. The van der Waals surface area contributed by atoms with Gasteiger partial charge in [-0.15, -0.1) is 0 Å². The Hall–Kier alpha value is -2.63. The van der Waals surface area contributed by atoms with Crippen LogP contribution in [0.5, 0.6) is 0 Å². The molecule has 27 heavy (non-hydrogen) atoms. The van der Waals surface area contributed by atoms with Crippen LogP contribution in [-0.2, 0) is 13.0 Å². The fourth-order valence-corrected chi connectivity index (χ4v) is 3.28. The van der Waals surface area contributed by atoms with Gasteiger partial charge < -0.3 is 15.2 Å². The maximum absolute atomic E-state index is 12.9. The smallest absolute Gasteiger partial charge is 0.291 e. The highest BCUT2D eigenvalue weighted by Crippen LogP contribution is 2.22. The van der Waals surface area contributed by atoms with Crippen LogP contribution >= 0.6 is 0 Å². The van der Waals surface area contributed by atoms with E-state index in [1.165, 1.54) is 5.56 Å². The van der Waals surface area contributed by atoms with E-state index in [0.717, 1.165) is 42.8 Å². The minimum atomic E-state index is -0.274.